The normalized spacial score (nSPS) is 16.2. The third kappa shape index (κ3) is 30.0. The van der Waals surface area contributed by atoms with E-state index in [-0.39, 0.29) is 19.7 Å². The van der Waals surface area contributed by atoms with Crippen molar-refractivity contribution < 1.29 is 53.1 Å². The van der Waals surface area contributed by atoms with Gasteiger partial charge in [-0.05, 0) is 89.9 Å². The van der Waals surface area contributed by atoms with Crippen molar-refractivity contribution in [3.8, 4) is 0 Å². The maximum atomic E-state index is 7.63. The van der Waals surface area contributed by atoms with E-state index in [9.17, 15) is 0 Å². The molecule has 0 amide bonds. The van der Waals surface area contributed by atoms with Crippen molar-refractivity contribution >= 4 is 76.2 Å². The average molecular weight is 1110 g/mol. The Balaban J connectivity index is 9.45. The highest BCUT2D eigenvalue weighted by Crippen LogP contribution is 2.56. The van der Waals surface area contributed by atoms with E-state index in [0.717, 1.165) is 168 Å². The Morgan fingerprint density at radius 1 is 0.265 bits per heavy atom. The number of hydrogen-bond donors (Lipinski definition) is 0. The Morgan fingerprint density at radius 2 is 0.441 bits per heavy atom. The van der Waals surface area contributed by atoms with Crippen LogP contribution >= 0.6 is 0 Å². The maximum Gasteiger partial charge on any atom is 0.504 e. The van der Waals surface area contributed by atoms with Crippen LogP contribution in [-0.2, 0) is 53.1 Å². The molecule has 0 spiro atoms. The fourth-order valence-corrected chi connectivity index (χ4v) is 33.1. The molecule has 0 N–H and O–H groups in total. The average Bonchev–Trinajstić information content (AvgIpc) is 3.33. The number of rotatable bonds is 55. The Labute approximate surface area is 437 Å². The zero-order valence-corrected chi connectivity index (χ0v) is 57.4. The predicted octanol–water partition coefficient (Wildman–Crippen LogP) is 8.49. The molecule has 0 saturated carbocycles. The molecule has 0 aromatic carbocycles. The number of unbranched alkanes of at least 4 members (excludes halogenated alkanes) is 6. The van der Waals surface area contributed by atoms with Crippen LogP contribution in [0, 0.1) is 0 Å². The van der Waals surface area contributed by atoms with Crippen LogP contribution in [0.2, 0.25) is 19.7 Å². The maximum absolute atomic E-state index is 7.63. The molecule has 68 heavy (non-hydrogen) atoms. The quantitative estimate of drug-likeness (QED) is 0.0431. The molecule has 0 aliphatic carbocycles. The first kappa shape index (κ1) is 69.3. The fraction of sp³-hybridized carbons (Fsp3) is 1.00. The van der Waals surface area contributed by atoms with Crippen LogP contribution in [-0.4, -0.2) is 155 Å². The van der Waals surface area contributed by atoms with Crippen LogP contribution < -0.4 is 0 Å². The standard InChI is InChI=1S/C48H114O12Si8/c1-13-25-37-55-67(56-38-26-14-2,57-39-27-15-3)45(43-47(61-49-31-19-7,62-50-32-20-8)63-51-33-21-9)46(68(58-40-28-16-4,59-41-29-17-5)60-42-30-18-6)44-48(64-52-34-22-10,65-53-35-23-11)66-54-36-24-12/h45-46H,13-44,61-66H2,1-12H3. The summed E-state index contributed by atoms with van der Waals surface area (Å²) in [4.78, 5) is 0. The molecule has 0 fully saturated rings. The summed E-state index contributed by atoms with van der Waals surface area (Å²) >= 11 is 0. The van der Waals surface area contributed by atoms with Gasteiger partial charge in [0.2, 0.25) is 0 Å². The highest BCUT2D eigenvalue weighted by molar-refractivity contribution is 6.76. The van der Waals surface area contributed by atoms with Gasteiger partial charge in [-0.25, -0.2) is 0 Å². The van der Waals surface area contributed by atoms with E-state index < -0.39 is 76.2 Å². The summed E-state index contributed by atoms with van der Waals surface area (Å²) in [5.74, 6) is 0. The second-order valence-electron chi connectivity index (χ2n) is 19.4. The van der Waals surface area contributed by atoms with Crippen molar-refractivity contribution in [2.24, 2.45) is 0 Å². The Morgan fingerprint density at radius 3 is 0.588 bits per heavy atom. The lowest BCUT2D eigenvalue weighted by Gasteiger charge is -2.50. The van der Waals surface area contributed by atoms with Gasteiger partial charge in [-0.1, -0.05) is 122 Å². The molecule has 0 aromatic heterocycles. The molecule has 0 saturated heterocycles. The van der Waals surface area contributed by atoms with Gasteiger partial charge in [-0.2, -0.15) is 0 Å². The largest absolute Gasteiger partial charge is 0.504 e. The summed E-state index contributed by atoms with van der Waals surface area (Å²) in [7, 11) is -14.4. The summed E-state index contributed by atoms with van der Waals surface area (Å²) in [6, 6.07) is 0. The van der Waals surface area contributed by atoms with E-state index in [2.05, 4.69) is 83.1 Å². The number of hydrogen-bond acceptors (Lipinski definition) is 12. The van der Waals surface area contributed by atoms with E-state index in [1.807, 2.05) is 0 Å². The Hall–Kier alpha value is 1.26. The van der Waals surface area contributed by atoms with Crippen molar-refractivity contribution in [1.82, 2.24) is 0 Å². The lowest BCUT2D eigenvalue weighted by molar-refractivity contribution is 0.0222. The van der Waals surface area contributed by atoms with Crippen LogP contribution in [0.4, 0.5) is 0 Å². The van der Waals surface area contributed by atoms with Gasteiger partial charge in [0, 0.05) is 98.9 Å². The smallest absolute Gasteiger partial charge is 0.424 e. The van der Waals surface area contributed by atoms with Crippen LogP contribution in [0.1, 0.15) is 212 Å². The highest BCUT2D eigenvalue weighted by Gasteiger charge is 2.66. The fourth-order valence-electron chi connectivity index (χ4n) is 8.21. The molecular weight excluding hydrogens is 993 g/mol. The summed E-state index contributed by atoms with van der Waals surface area (Å²) in [6.45, 7) is 34.8. The van der Waals surface area contributed by atoms with Crippen molar-refractivity contribution in [3.05, 3.63) is 0 Å². The zero-order valence-electron chi connectivity index (χ0n) is 46.9. The third-order valence-electron chi connectivity index (χ3n) is 12.0. The van der Waals surface area contributed by atoms with Crippen LogP contribution in [0.5, 0.6) is 0 Å². The van der Waals surface area contributed by atoms with Gasteiger partial charge in [-0.3, -0.25) is 0 Å². The van der Waals surface area contributed by atoms with Crippen molar-refractivity contribution in [2.45, 2.75) is 231 Å². The van der Waals surface area contributed by atoms with Gasteiger partial charge in [0.1, 0.15) is 0 Å². The Kier molecular flexibility index (Phi) is 47.6. The summed E-state index contributed by atoms with van der Waals surface area (Å²) in [5.41, 5.74) is -0.421. The molecule has 410 valence electrons. The van der Waals surface area contributed by atoms with Crippen molar-refractivity contribution in [3.63, 3.8) is 0 Å². The molecule has 0 bridgehead atoms. The summed E-state index contributed by atoms with van der Waals surface area (Å²) < 4.78 is 87.1. The van der Waals surface area contributed by atoms with Crippen LogP contribution in [0.15, 0.2) is 0 Å². The molecule has 20 heteroatoms. The molecule has 0 aromatic rings. The first-order valence-electron chi connectivity index (χ1n) is 28.5. The van der Waals surface area contributed by atoms with E-state index in [1.165, 1.54) is 0 Å². The first-order valence-corrected chi connectivity index (χ1v) is 39.8. The minimum absolute atomic E-state index is 0.154. The summed E-state index contributed by atoms with van der Waals surface area (Å²) in [5, 5.41) is 0. The molecule has 0 heterocycles. The Bertz CT molecular complexity index is 896. The van der Waals surface area contributed by atoms with E-state index in [1.54, 1.807) is 0 Å². The van der Waals surface area contributed by atoms with E-state index in [0.29, 0.717) is 39.6 Å². The van der Waals surface area contributed by atoms with Crippen LogP contribution in [0.3, 0.4) is 0 Å². The lowest BCUT2D eigenvalue weighted by Crippen LogP contribution is -2.62. The topological polar surface area (TPSA) is 111 Å². The van der Waals surface area contributed by atoms with Gasteiger partial charge >= 0.3 is 17.6 Å². The zero-order chi connectivity index (χ0) is 50.5. The monoisotopic (exact) mass is 1110 g/mol. The summed E-state index contributed by atoms with van der Waals surface area (Å²) in [6.07, 6.45) is 19.2. The van der Waals surface area contributed by atoms with E-state index >= 15 is 0 Å². The van der Waals surface area contributed by atoms with Gasteiger partial charge < -0.3 is 53.1 Å². The minimum Gasteiger partial charge on any atom is -0.424 e. The van der Waals surface area contributed by atoms with Crippen LogP contribution in [0.25, 0.3) is 0 Å². The van der Waals surface area contributed by atoms with Gasteiger partial charge in [0.15, 0.2) is 58.6 Å². The SMILES string of the molecule is CCCCO[Si](OCCCC)(OCCCC)C(CC([SiH2]OCCC)([SiH2]OCCC)[SiH2]OCCC)C(CC([SiH2]OCCC)([SiH2]OCCC)[SiH2]OCCC)[Si](OCCCC)(OCCCC)OCCCC. The van der Waals surface area contributed by atoms with Crippen molar-refractivity contribution in [2.75, 3.05) is 79.3 Å². The first-order chi connectivity index (χ1) is 33.2. The molecule has 0 aliphatic rings. The molecule has 0 radical (unpaired) electrons. The van der Waals surface area contributed by atoms with Gasteiger partial charge in [0.05, 0.1) is 0 Å². The molecule has 2 unspecified atom stereocenters. The molecule has 12 nitrogen and oxygen atoms in total. The molecule has 2 atom stereocenters. The highest BCUT2D eigenvalue weighted by atomic mass is 28.4. The van der Waals surface area contributed by atoms with Gasteiger partial charge in [-0.15, -0.1) is 0 Å². The second kappa shape index (κ2) is 46.8. The minimum atomic E-state index is -3.70. The molecular formula is C48H114O12Si8. The third-order valence-corrected chi connectivity index (χ3v) is 34.8. The predicted molar refractivity (Wildman–Crippen MR) is 308 cm³/mol. The van der Waals surface area contributed by atoms with E-state index in [4.69, 9.17) is 53.1 Å². The lowest BCUT2D eigenvalue weighted by atomic mass is 10.2. The molecule has 0 rings (SSSR count). The van der Waals surface area contributed by atoms with Crippen molar-refractivity contribution in [1.29, 1.82) is 0 Å². The molecule has 0 aliphatic heterocycles. The second-order valence-corrected chi connectivity index (χ2v) is 44.2. The van der Waals surface area contributed by atoms with Gasteiger partial charge in [0.25, 0.3) is 0 Å².